The third-order valence-corrected chi connectivity index (χ3v) is 5.37. The fraction of sp³-hybridized carbons (Fsp3) is 0.533. The molecule has 106 valence electrons. The van der Waals surface area contributed by atoms with Crippen LogP contribution in [0.25, 0.3) is 0 Å². The quantitative estimate of drug-likeness (QED) is 0.839. The van der Waals surface area contributed by atoms with Gasteiger partial charge in [0.25, 0.3) is 5.91 Å². The Kier molecular flexibility index (Phi) is 2.49. The highest BCUT2D eigenvalue weighted by Gasteiger charge is 2.75. The summed E-state index contributed by atoms with van der Waals surface area (Å²) in [4.78, 5) is 28.8. The maximum absolute atomic E-state index is 12.7. The Morgan fingerprint density at radius 1 is 1.35 bits per heavy atom. The molecule has 0 radical (unpaired) electrons. The van der Waals surface area contributed by atoms with Gasteiger partial charge in [0.05, 0.1) is 17.3 Å². The number of rotatable bonds is 2. The van der Waals surface area contributed by atoms with Crippen molar-refractivity contribution < 1.29 is 14.3 Å². The van der Waals surface area contributed by atoms with Gasteiger partial charge in [-0.3, -0.25) is 14.6 Å². The molecule has 1 aliphatic carbocycles. The van der Waals surface area contributed by atoms with Crippen LogP contribution >= 0.6 is 0 Å². The Labute approximate surface area is 117 Å². The topological polar surface area (TPSA) is 68.3 Å². The van der Waals surface area contributed by atoms with Gasteiger partial charge in [-0.25, -0.2) is 0 Å². The molecule has 2 aliphatic rings. The summed E-state index contributed by atoms with van der Waals surface area (Å²) < 4.78 is 5.53. The summed E-state index contributed by atoms with van der Waals surface area (Å²) in [5.41, 5.74) is -1.57. The average Bonchev–Trinajstić information content (AvgIpc) is 2.70. The first kappa shape index (κ1) is 13.1. The van der Waals surface area contributed by atoms with Crippen molar-refractivity contribution in [3.05, 3.63) is 24.5 Å². The highest BCUT2D eigenvalue weighted by atomic mass is 16.6. The van der Waals surface area contributed by atoms with Gasteiger partial charge in [-0.1, -0.05) is 13.8 Å². The Morgan fingerprint density at radius 3 is 2.60 bits per heavy atom. The predicted molar refractivity (Wildman–Crippen MR) is 72.8 cm³/mol. The molecule has 2 fully saturated rings. The van der Waals surface area contributed by atoms with Crippen molar-refractivity contribution >= 4 is 17.6 Å². The molecular formula is C15H18N2O3. The van der Waals surface area contributed by atoms with Crippen molar-refractivity contribution in [2.75, 3.05) is 5.32 Å². The van der Waals surface area contributed by atoms with Crippen LogP contribution < -0.4 is 5.32 Å². The molecule has 3 rings (SSSR count). The summed E-state index contributed by atoms with van der Waals surface area (Å²) >= 11 is 0. The van der Waals surface area contributed by atoms with E-state index in [2.05, 4.69) is 10.3 Å². The molecule has 1 aliphatic heterocycles. The second-order valence-electron chi connectivity index (χ2n) is 6.37. The van der Waals surface area contributed by atoms with Crippen LogP contribution in [0, 0.1) is 10.8 Å². The van der Waals surface area contributed by atoms with Crippen LogP contribution in [0.4, 0.5) is 5.69 Å². The Morgan fingerprint density at radius 2 is 2.10 bits per heavy atom. The van der Waals surface area contributed by atoms with Crippen LogP contribution in [0.1, 0.15) is 33.6 Å². The first-order valence-corrected chi connectivity index (χ1v) is 6.78. The fourth-order valence-electron chi connectivity index (χ4n) is 3.42. The van der Waals surface area contributed by atoms with Crippen LogP contribution in [0.15, 0.2) is 24.5 Å². The predicted octanol–water partition coefficient (Wildman–Crippen LogP) is 2.14. The molecular weight excluding hydrogens is 256 g/mol. The van der Waals surface area contributed by atoms with Gasteiger partial charge >= 0.3 is 5.97 Å². The van der Waals surface area contributed by atoms with Gasteiger partial charge in [0.2, 0.25) is 0 Å². The first-order valence-electron chi connectivity index (χ1n) is 6.78. The van der Waals surface area contributed by atoms with E-state index in [0.717, 1.165) is 0 Å². The van der Waals surface area contributed by atoms with Crippen molar-refractivity contribution in [2.24, 2.45) is 10.8 Å². The van der Waals surface area contributed by atoms with Crippen molar-refractivity contribution in [1.29, 1.82) is 0 Å². The van der Waals surface area contributed by atoms with Crippen molar-refractivity contribution in [2.45, 2.75) is 39.2 Å². The number of ether oxygens (including phenoxy) is 1. The number of nitrogens with one attached hydrogen (secondary N) is 1. The van der Waals surface area contributed by atoms with E-state index in [1.54, 1.807) is 24.5 Å². The number of carbonyl (C=O) groups is 2. The second kappa shape index (κ2) is 3.81. The molecule has 0 aromatic carbocycles. The standard InChI is InChI=1S/C15H18N2O3/c1-13(2)14(3)6-7-15(13,20-12(14)19)11(18)17-10-5-4-8-16-9-10/h4-5,8-9H,6-7H2,1-3H3,(H,17,18)/t14-,15+/m0/s1. The number of esters is 1. The average molecular weight is 274 g/mol. The van der Waals surface area contributed by atoms with E-state index in [1.807, 2.05) is 20.8 Å². The molecule has 5 nitrogen and oxygen atoms in total. The summed E-state index contributed by atoms with van der Waals surface area (Å²) in [5.74, 6) is -0.528. The van der Waals surface area contributed by atoms with Crippen LogP contribution in [0.2, 0.25) is 0 Å². The van der Waals surface area contributed by atoms with Crippen molar-refractivity contribution in [3.8, 4) is 0 Å². The lowest BCUT2D eigenvalue weighted by molar-refractivity contribution is -0.165. The first-order chi connectivity index (χ1) is 9.33. The molecule has 2 atom stereocenters. The number of fused-ring (bicyclic) bond motifs is 2. The summed E-state index contributed by atoms with van der Waals surface area (Å²) in [7, 11) is 0. The van der Waals surface area contributed by atoms with Gasteiger partial charge in [-0.15, -0.1) is 0 Å². The second-order valence-corrected chi connectivity index (χ2v) is 6.37. The summed E-state index contributed by atoms with van der Waals surface area (Å²) in [6, 6.07) is 3.51. The molecule has 1 saturated heterocycles. The number of hydrogen-bond acceptors (Lipinski definition) is 4. The van der Waals surface area contributed by atoms with Gasteiger partial charge in [0.15, 0.2) is 5.60 Å². The minimum Gasteiger partial charge on any atom is -0.448 e. The number of carbonyl (C=O) groups excluding carboxylic acids is 2. The normalized spacial score (nSPS) is 33.9. The molecule has 1 aromatic rings. The fourth-order valence-corrected chi connectivity index (χ4v) is 3.42. The van der Waals surface area contributed by atoms with E-state index in [4.69, 9.17) is 4.74 Å². The van der Waals surface area contributed by atoms with Crippen molar-refractivity contribution in [3.63, 3.8) is 0 Å². The molecule has 5 heteroatoms. The van der Waals surface area contributed by atoms with E-state index < -0.39 is 16.4 Å². The van der Waals surface area contributed by atoms with Crippen LogP contribution in [-0.4, -0.2) is 22.5 Å². The monoisotopic (exact) mass is 274 g/mol. The van der Waals surface area contributed by atoms with E-state index in [1.165, 1.54) is 0 Å². The van der Waals surface area contributed by atoms with Gasteiger partial charge in [-0.05, 0) is 31.9 Å². The molecule has 2 bridgehead atoms. The molecule has 2 heterocycles. The Balaban J connectivity index is 1.94. The SMILES string of the molecule is CC1(C)[C@@]2(C)CC[C@]1(C(=O)Nc1cccnc1)OC2=O. The summed E-state index contributed by atoms with van der Waals surface area (Å²) in [6.45, 7) is 5.77. The minimum atomic E-state index is -1.07. The van der Waals surface area contributed by atoms with Gasteiger partial charge in [0, 0.05) is 11.6 Å². The molecule has 1 aromatic heterocycles. The minimum absolute atomic E-state index is 0.259. The van der Waals surface area contributed by atoms with Crippen LogP contribution in [-0.2, 0) is 14.3 Å². The zero-order valence-corrected chi connectivity index (χ0v) is 11.9. The smallest absolute Gasteiger partial charge is 0.313 e. The molecule has 20 heavy (non-hydrogen) atoms. The zero-order valence-electron chi connectivity index (χ0n) is 11.9. The number of anilines is 1. The lowest BCUT2D eigenvalue weighted by atomic mass is 9.66. The molecule has 1 amide bonds. The lowest BCUT2D eigenvalue weighted by Crippen LogP contribution is -2.50. The summed E-state index contributed by atoms with van der Waals surface area (Å²) in [5, 5.41) is 2.82. The van der Waals surface area contributed by atoms with Gasteiger partial charge in [-0.2, -0.15) is 0 Å². The largest absolute Gasteiger partial charge is 0.448 e. The third kappa shape index (κ3) is 1.35. The zero-order chi connectivity index (χ0) is 14.6. The summed E-state index contributed by atoms with van der Waals surface area (Å²) in [6.07, 6.45) is 4.46. The van der Waals surface area contributed by atoms with E-state index in [0.29, 0.717) is 18.5 Å². The maximum atomic E-state index is 12.7. The maximum Gasteiger partial charge on any atom is 0.313 e. The van der Waals surface area contributed by atoms with Crippen LogP contribution in [0.5, 0.6) is 0 Å². The van der Waals surface area contributed by atoms with Crippen LogP contribution in [0.3, 0.4) is 0 Å². The van der Waals surface area contributed by atoms with Gasteiger partial charge < -0.3 is 10.1 Å². The molecule has 1 N–H and O–H groups in total. The number of aromatic nitrogens is 1. The van der Waals surface area contributed by atoms with E-state index in [-0.39, 0.29) is 11.9 Å². The highest BCUT2D eigenvalue weighted by Crippen LogP contribution is 2.65. The van der Waals surface area contributed by atoms with E-state index >= 15 is 0 Å². The highest BCUT2D eigenvalue weighted by molar-refractivity contribution is 6.03. The van der Waals surface area contributed by atoms with Crippen molar-refractivity contribution in [1.82, 2.24) is 4.98 Å². The molecule has 1 saturated carbocycles. The number of pyridine rings is 1. The Bertz CT molecular complexity index is 584. The molecule has 0 spiro atoms. The number of hydrogen-bond donors (Lipinski definition) is 1. The van der Waals surface area contributed by atoms with E-state index in [9.17, 15) is 9.59 Å². The number of amides is 1. The Hall–Kier alpha value is -1.91. The molecule has 0 unspecified atom stereocenters. The lowest BCUT2D eigenvalue weighted by Gasteiger charge is -2.35. The number of nitrogens with zero attached hydrogens (tertiary/aromatic N) is 1. The van der Waals surface area contributed by atoms with Gasteiger partial charge in [0.1, 0.15) is 0 Å². The third-order valence-electron chi connectivity index (χ3n) is 5.37.